The van der Waals surface area contributed by atoms with Crippen LogP contribution in [0.2, 0.25) is 0 Å². The van der Waals surface area contributed by atoms with Crippen molar-refractivity contribution in [2.75, 3.05) is 18.0 Å². The fourth-order valence-electron chi connectivity index (χ4n) is 2.52. The van der Waals surface area contributed by atoms with E-state index in [0.717, 1.165) is 23.1 Å². The molecular weight excluding hydrogens is 405 g/mol. The lowest BCUT2D eigenvalue weighted by Gasteiger charge is -2.32. The van der Waals surface area contributed by atoms with Crippen molar-refractivity contribution in [1.82, 2.24) is 0 Å². The Labute approximate surface area is 151 Å². The largest absolute Gasteiger partial charge is 0.508 e. The zero-order valence-corrected chi connectivity index (χ0v) is 14.3. The Hall–Kier alpha value is -2.29. The second-order valence-corrected chi connectivity index (χ2v) is 6.71. The number of anilines is 1. The van der Waals surface area contributed by atoms with Gasteiger partial charge in [-0.15, -0.1) is 0 Å². The average Bonchev–Trinajstić information content (AvgIpc) is 2.54. The van der Waals surface area contributed by atoms with Crippen LogP contribution in [0.25, 0.3) is 0 Å². The van der Waals surface area contributed by atoms with Gasteiger partial charge < -0.3 is 9.08 Å². The van der Waals surface area contributed by atoms with Crippen LogP contribution >= 0.6 is 0 Å². The smallest absolute Gasteiger partial charge is 0.399 e. The van der Waals surface area contributed by atoms with Crippen LogP contribution < -0.4 is 4.90 Å². The second kappa shape index (κ2) is 7.38. The fourth-order valence-corrected chi connectivity index (χ4v) is 3.03. The maximum atomic E-state index is 14.4. The van der Waals surface area contributed by atoms with Crippen molar-refractivity contribution in [2.24, 2.45) is 5.92 Å². The number of nitrogens with zero attached hydrogens (tertiary/aromatic N) is 2. The van der Waals surface area contributed by atoms with Gasteiger partial charge in [0.1, 0.15) is 11.3 Å². The highest BCUT2D eigenvalue weighted by Gasteiger charge is 2.42. The minimum absolute atomic E-state index is 0.180. The van der Waals surface area contributed by atoms with Gasteiger partial charge in [0.15, 0.2) is 5.82 Å². The molecule has 12 heteroatoms. The fraction of sp³-hybridized carbons (Fsp3) is 0.400. The first kappa shape index (κ1) is 21.0. The first-order valence-electron chi connectivity index (χ1n) is 7.28. The maximum absolute atomic E-state index is 14.4. The second-order valence-electron chi connectivity index (χ2n) is 5.61. The van der Waals surface area contributed by atoms with Gasteiger partial charge in [0, 0.05) is 19.0 Å². The lowest BCUT2D eigenvalue weighted by Crippen LogP contribution is -2.36. The third-order valence-electron chi connectivity index (χ3n) is 3.72. The van der Waals surface area contributed by atoms with Gasteiger partial charge in [-0.05, 0) is 18.2 Å². The van der Waals surface area contributed by atoms with Crippen molar-refractivity contribution in [3.63, 3.8) is 0 Å². The molecule has 0 radical (unpaired) electrons. The highest BCUT2D eigenvalue weighted by molar-refractivity contribution is 7.81. The molecule has 1 aliphatic rings. The summed E-state index contributed by atoms with van der Waals surface area (Å²) in [6, 6.07) is 3.08. The molecule has 0 aromatic heterocycles. The number of alkyl halides is 6. The minimum Gasteiger partial charge on any atom is -0.399 e. The zero-order chi connectivity index (χ0) is 20.6. The van der Waals surface area contributed by atoms with Crippen molar-refractivity contribution in [3.05, 3.63) is 40.9 Å². The Morgan fingerprint density at radius 1 is 1.26 bits per heavy atom. The van der Waals surface area contributed by atoms with Crippen molar-refractivity contribution in [3.8, 4) is 6.07 Å². The van der Waals surface area contributed by atoms with Gasteiger partial charge >= 0.3 is 22.8 Å². The summed E-state index contributed by atoms with van der Waals surface area (Å²) in [5.74, 6) is -2.70. The normalized spacial score (nSPS) is 19.3. The molecule has 1 aliphatic heterocycles. The molecule has 4 nitrogen and oxygen atoms in total. The van der Waals surface area contributed by atoms with Gasteiger partial charge in [0.2, 0.25) is 0 Å². The summed E-state index contributed by atoms with van der Waals surface area (Å²) in [6.45, 7) is 0.938. The Morgan fingerprint density at radius 2 is 1.89 bits per heavy atom. The molecule has 0 saturated carbocycles. The van der Waals surface area contributed by atoms with E-state index in [-0.39, 0.29) is 18.8 Å². The molecule has 0 fully saturated rings. The van der Waals surface area contributed by atoms with Crippen LogP contribution in [0.5, 0.6) is 0 Å². The molecule has 0 spiro atoms. The summed E-state index contributed by atoms with van der Waals surface area (Å²) in [6.07, 6.45) is -4.01. The lowest BCUT2D eigenvalue weighted by molar-refractivity contribution is -0.140. The number of hydrogen-bond acceptors (Lipinski definition) is 4. The third kappa shape index (κ3) is 4.52. The molecule has 1 heterocycles. The van der Waals surface area contributed by atoms with E-state index in [2.05, 4.69) is 4.18 Å². The SMILES string of the molecule is CC1CN(c2ccc(C#N)c(C(F)(F)F)c2F)CC=C1OS(=O)C(F)(F)F. The number of nitriles is 1. The topological polar surface area (TPSA) is 53.3 Å². The van der Waals surface area contributed by atoms with Crippen LogP contribution in [0.3, 0.4) is 0 Å². The summed E-state index contributed by atoms with van der Waals surface area (Å²) in [5, 5.41) is 8.76. The van der Waals surface area contributed by atoms with Crippen molar-refractivity contribution in [1.29, 1.82) is 5.26 Å². The van der Waals surface area contributed by atoms with Gasteiger partial charge in [-0.1, -0.05) is 6.92 Å². The average molecular weight is 416 g/mol. The summed E-state index contributed by atoms with van der Waals surface area (Å²) in [5.41, 5.74) is -8.13. The zero-order valence-electron chi connectivity index (χ0n) is 13.5. The Bertz CT molecular complexity index is 827. The molecule has 0 saturated heterocycles. The standard InChI is InChI=1S/C15H11F7N2O2S/c1-8-7-24(5-4-11(8)26-27(25)15(20,21)22)10-3-2-9(6-23)12(13(10)16)14(17,18)19/h2-4,8H,5,7H2,1H3. The number of halogens is 7. The van der Waals surface area contributed by atoms with Crippen LogP contribution in [0.15, 0.2) is 24.0 Å². The molecule has 0 bridgehead atoms. The van der Waals surface area contributed by atoms with Crippen molar-refractivity contribution < 1.29 is 39.1 Å². The molecule has 1 aromatic carbocycles. The van der Waals surface area contributed by atoms with Gasteiger partial charge in [-0.2, -0.15) is 31.6 Å². The van der Waals surface area contributed by atoms with E-state index < -0.39 is 51.3 Å². The Balaban J connectivity index is 2.32. The van der Waals surface area contributed by atoms with E-state index in [1.54, 1.807) is 0 Å². The van der Waals surface area contributed by atoms with E-state index in [0.29, 0.717) is 0 Å². The number of hydrogen-bond donors (Lipinski definition) is 0. The van der Waals surface area contributed by atoms with Gasteiger partial charge in [-0.25, -0.2) is 8.60 Å². The molecule has 0 aliphatic carbocycles. The summed E-state index contributed by atoms with van der Waals surface area (Å²) in [4.78, 5) is 1.15. The minimum atomic E-state index is -5.10. The summed E-state index contributed by atoms with van der Waals surface area (Å²) in [7, 11) is 0. The quantitative estimate of drug-likeness (QED) is 0.692. The van der Waals surface area contributed by atoms with Gasteiger partial charge in [-0.3, -0.25) is 0 Å². The molecule has 0 N–H and O–H groups in total. The highest BCUT2D eigenvalue weighted by atomic mass is 32.2. The van der Waals surface area contributed by atoms with Crippen LogP contribution in [-0.2, 0) is 21.4 Å². The molecule has 2 unspecified atom stereocenters. The van der Waals surface area contributed by atoms with Gasteiger partial charge in [0.25, 0.3) is 0 Å². The van der Waals surface area contributed by atoms with E-state index >= 15 is 0 Å². The van der Waals surface area contributed by atoms with Crippen LogP contribution in [-0.4, -0.2) is 22.8 Å². The third-order valence-corrected chi connectivity index (χ3v) is 4.44. The molecule has 2 rings (SSSR count). The maximum Gasteiger partial charge on any atom is 0.508 e. The lowest BCUT2D eigenvalue weighted by atomic mass is 10.0. The van der Waals surface area contributed by atoms with Crippen LogP contribution in [0, 0.1) is 23.1 Å². The van der Waals surface area contributed by atoms with Crippen LogP contribution in [0.4, 0.5) is 36.4 Å². The van der Waals surface area contributed by atoms with Gasteiger partial charge in [0.05, 0.1) is 17.3 Å². The van der Waals surface area contributed by atoms with Crippen LogP contribution in [0.1, 0.15) is 18.1 Å². The molecule has 27 heavy (non-hydrogen) atoms. The number of rotatable bonds is 3. The molecule has 148 valence electrons. The predicted octanol–water partition coefficient (Wildman–Crippen LogP) is 4.26. The molecule has 2 atom stereocenters. The highest BCUT2D eigenvalue weighted by Crippen LogP contribution is 2.38. The van der Waals surface area contributed by atoms with E-state index in [1.807, 2.05) is 0 Å². The molecule has 0 amide bonds. The monoisotopic (exact) mass is 416 g/mol. The first-order chi connectivity index (χ1) is 12.4. The molecule has 1 aromatic rings. The van der Waals surface area contributed by atoms with Crippen molar-refractivity contribution in [2.45, 2.75) is 18.6 Å². The summed E-state index contributed by atoms with van der Waals surface area (Å²) < 4.78 is 106. The Kier molecular flexibility index (Phi) is 5.74. The Morgan fingerprint density at radius 3 is 2.37 bits per heavy atom. The molecular formula is C15H11F7N2O2S. The van der Waals surface area contributed by atoms with E-state index in [1.165, 1.54) is 13.0 Å². The van der Waals surface area contributed by atoms with Crippen molar-refractivity contribution >= 4 is 16.8 Å². The number of benzene rings is 1. The van der Waals surface area contributed by atoms with E-state index in [4.69, 9.17) is 5.26 Å². The predicted molar refractivity (Wildman–Crippen MR) is 80.9 cm³/mol. The summed E-state index contributed by atoms with van der Waals surface area (Å²) >= 11 is -3.58. The first-order valence-corrected chi connectivity index (χ1v) is 8.35. The van der Waals surface area contributed by atoms with E-state index in [9.17, 15) is 34.9 Å².